The van der Waals surface area contributed by atoms with E-state index >= 15 is 0 Å². The Hall–Kier alpha value is 2.10. The van der Waals surface area contributed by atoms with Crippen LogP contribution in [0.25, 0.3) is 0 Å². The average Bonchev–Trinajstić information content (AvgIpc) is 2.70. The topological polar surface area (TPSA) is 0 Å². The fourth-order valence-electron chi connectivity index (χ4n) is 0.665. The highest BCUT2D eigenvalue weighted by atomic mass is 33.1. The minimum Gasteiger partial charge on any atom is -0.127 e. The molecule has 0 radical (unpaired) electrons. The van der Waals surface area contributed by atoms with Crippen molar-refractivity contribution in [3.63, 3.8) is 0 Å². The van der Waals surface area contributed by atoms with E-state index < -0.39 is 0 Å². The molecule has 3 heterocycles. The van der Waals surface area contributed by atoms with Crippen molar-refractivity contribution in [1.82, 2.24) is 0 Å². The zero-order valence-corrected chi connectivity index (χ0v) is 9.66. The maximum atomic E-state index is 2.12. The first-order chi connectivity index (χ1) is 4.93. The molecule has 0 aromatic carbocycles. The molecule has 0 N–H and O–H groups in total. The number of fused-ring (bicyclic) bond motifs is 2. The van der Waals surface area contributed by atoms with E-state index in [1.807, 2.05) is 0 Å². The van der Waals surface area contributed by atoms with Crippen LogP contribution in [0.1, 0.15) is 0 Å². The van der Waals surface area contributed by atoms with Crippen molar-refractivity contribution in [3.05, 3.63) is 0 Å². The standard InChI is InChI=1S/C4H4S6/c5-1-2(5)8-10-4-3(6-4)9-7-1/h1-4H. The van der Waals surface area contributed by atoms with Gasteiger partial charge in [-0.1, -0.05) is 43.2 Å². The van der Waals surface area contributed by atoms with Crippen molar-refractivity contribution in [1.29, 1.82) is 0 Å². The summed E-state index contributed by atoms with van der Waals surface area (Å²) in [5.74, 6) is 0. The Morgan fingerprint density at radius 1 is 0.500 bits per heavy atom. The van der Waals surface area contributed by atoms with Crippen molar-refractivity contribution in [2.24, 2.45) is 0 Å². The molecule has 4 unspecified atom stereocenters. The van der Waals surface area contributed by atoms with Gasteiger partial charge in [0.05, 0.1) is 18.3 Å². The molecule has 10 heavy (non-hydrogen) atoms. The van der Waals surface area contributed by atoms with E-state index in [2.05, 4.69) is 66.7 Å². The van der Waals surface area contributed by atoms with E-state index in [1.54, 1.807) is 0 Å². The van der Waals surface area contributed by atoms with Crippen molar-refractivity contribution in [2.75, 3.05) is 0 Å². The van der Waals surface area contributed by atoms with Gasteiger partial charge in [0.25, 0.3) is 0 Å². The first-order valence-electron chi connectivity index (χ1n) is 2.89. The third-order valence-electron chi connectivity index (χ3n) is 1.32. The van der Waals surface area contributed by atoms with E-state index in [0.717, 1.165) is 18.3 Å². The fraction of sp³-hybridized carbons (Fsp3) is 1.00. The minimum atomic E-state index is 0.921. The third-order valence-corrected chi connectivity index (χ3v) is 13.1. The van der Waals surface area contributed by atoms with E-state index in [9.17, 15) is 0 Å². The molecular formula is C4H4S6. The molecule has 3 saturated heterocycles. The summed E-state index contributed by atoms with van der Waals surface area (Å²) in [6.07, 6.45) is 0. The first kappa shape index (κ1) is 7.50. The van der Waals surface area contributed by atoms with Crippen molar-refractivity contribution < 1.29 is 0 Å². The number of hydrogen-bond acceptors (Lipinski definition) is 6. The van der Waals surface area contributed by atoms with Gasteiger partial charge in [-0.05, 0) is 0 Å². The predicted octanol–water partition coefficient (Wildman–Crippen LogP) is 3.56. The van der Waals surface area contributed by atoms with Gasteiger partial charge >= 0.3 is 0 Å². The third kappa shape index (κ3) is 1.44. The van der Waals surface area contributed by atoms with Crippen LogP contribution in [0.2, 0.25) is 0 Å². The molecule has 0 aromatic rings. The summed E-state index contributed by atoms with van der Waals surface area (Å²) in [5.41, 5.74) is 0. The molecule has 3 fully saturated rings. The summed E-state index contributed by atoms with van der Waals surface area (Å²) in [6.45, 7) is 0. The molecule has 0 saturated carbocycles. The summed E-state index contributed by atoms with van der Waals surface area (Å²) < 4.78 is 3.68. The van der Waals surface area contributed by atoms with E-state index in [0.29, 0.717) is 0 Å². The lowest BCUT2D eigenvalue weighted by Crippen LogP contribution is -1.86. The van der Waals surface area contributed by atoms with Gasteiger partial charge in [-0.2, -0.15) is 0 Å². The van der Waals surface area contributed by atoms with E-state index in [-0.39, 0.29) is 0 Å². The van der Waals surface area contributed by atoms with Gasteiger partial charge in [0.15, 0.2) is 0 Å². The molecule has 6 heteroatoms. The molecule has 0 spiro atoms. The largest absolute Gasteiger partial charge is 0.127 e. The highest BCUT2D eigenvalue weighted by Gasteiger charge is 2.49. The molecule has 0 aliphatic carbocycles. The van der Waals surface area contributed by atoms with E-state index in [1.165, 1.54) is 0 Å². The Bertz CT molecular complexity index is 126. The Kier molecular flexibility index (Phi) is 2.10. The maximum Gasteiger partial charge on any atom is 0.0837 e. The van der Waals surface area contributed by atoms with Crippen molar-refractivity contribution >= 4 is 66.7 Å². The fourth-order valence-corrected chi connectivity index (χ4v) is 13.3. The van der Waals surface area contributed by atoms with Crippen LogP contribution in [-0.2, 0) is 0 Å². The molecule has 3 aliphatic rings. The van der Waals surface area contributed by atoms with Crippen LogP contribution in [0.3, 0.4) is 0 Å². The van der Waals surface area contributed by atoms with Crippen LogP contribution in [0, 0.1) is 0 Å². The van der Waals surface area contributed by atoms with Crippen molar-refractivity contribution in [3.8, 4) is 0 Å². The van der Waals surface area contributed by atoms with Crippen LogP contribution in [0.5, 0.6) is 0 Å². The van der Waals surface area contributed by atoms with Crippen LogP contribution < -0.4 is 0 Å². The highest BCUT2D eigenvalue weighted by molar-refractivity contribution is 8.88. The zero-order valence-electron chi connectivity index (χ0n) is 4.76. The summed E-state index contributed by atoms with van der Waals surface area (Å²) in [7, 11) is 8.40. The zero-order chi connectivity index (χ0) is 6.55. The highest BCUT2D eigenvalue weighted by Crippen LogP contribution is 2.72. The summed E-state index contributed by atoms with van der Waals surface area (Å²) in [6, 6.07) is 0. The molecular weight excluding hydrogens is 240 g/mol. The lowest BCUT2D eigenvalue weighted by molar-refractivity contribution is 1.53. The molecule has 56 valence electrons. The Morgan fingerprint density at radius 3 is 1.10 bits per heavy atom. The van der Waals surface area contributed by atoms with Gasteiger partial charge in [0.1, 0.15) is 0 Å². The quantitative estimate of drug-likeness (QED) is 0.468. The van der Waals surface area contributed by atoms with Gasteiger partial charge in [0, 0.05) is 0 Å². The molecule has 0 nitrogen and oxygen atoms in total. The summed E-state index contributed by atoms with van der Waals surface area (Å²) >= 11 is 4.25. The van der Waals surface area contributed by atoms with Gasteiger partial charge in [-0.15, -0.1) is 23.5 Å². The lowest BCUT2D eigenvalue weighted by Gasteiger charge is -2.00. The lowest BCUT2D eigenvalue weighted by atomic mass is 11.0. The normalized spacial score (nSPS) is 57.6. The monoisotopic (exact) mass is 244 g/mol. The van der Waals surface area contributed by atoms with Crippen molar-refractivity contribution in [2.45, 2.75) is 18.3 Å². The molecule has 0 aromatic heterocycles. The van der Waals surface area contributed by atoms with Gasteiger partial charge < -0.3 is 0 Å². The van der Waals surface area contributed by atoms with Gasteiger partial charge in [-0.3, -0.25) is 0 Å². The number of hydrogen-bond donors (Lipinski definition) is 0. The number of rotatable bonds is 0. The van der Waals surface area contributed by atoms with Crippen LogP contribution in [-0.4, -0.2) is 18.3 Å². The summed E-state index contributed by atoms with van der Waals surface area (Å²) in [5, 5.41) is 0. The van der Waals surface area contributed by atoms with Crippen LogP contribution >= 0.6 is 66.7 Å². The molecule has 4 atom stereocenters. The van der Waals surface area contributed by atoms with Gasteiger partial charge in [-0.25, -0.2) is 0 Å². The molecule has 3 aliphatic heterocycles. The second kappa shape index (κ2) is 2.80. The second-order valence-electron chi connectivity index (χ2n) is 2.13. The minimum absolute atomic E-state index is 0.921. The Morgan fingerprint density at radius 2 is 0.800 bits per heavy atom. The van der Waals surface area contributed by atoms with E-state index in [4.69, 9.17) is 0 Å². The Balaban J connectivity index is 1.67. The average molecular weight is 244 g/mol. The summed E-state index contributed by atoms with van der Waals surface area (Å²) in [4.78, 5) is 0. The molecule has 0 bridgehead atoms. The maximum absolute atomic E-state index is 2.12. The van der Waals surface area contributed by atoms with Crippen LogP contribution in [0.4, 0.5) is 0 Å². The number of thioether (sulfide) groups is 2. The smallest absolute Gasteiger partial charge is 0.0837 e. The first-order valence-corrected chi connectivity index (χ1v) is 9.32. The predicted molar refractivity (Wildman–Crippen MR) is 60.7 cm³/mol. The second-order valence-corrected chi connectivity index (χ2v) is 11.0. The SMILES string of the molecule is S1SC2SC2SSC2SC12. The Labute approximate surface area is 84.4 Å². The van der Waals surface area contributed by atoms with Gasteiger partial charge in [0.2, 0.25) is 0 Å². The molecule has 3 rings (SSSR count). The van der Waals surface area contributed by atoms with Crippen LogP contribution in [0.15, 0.2) is 0 Å². The molecule has 0 amide bonds.